The highest BCUT2D eigenvalue weighted by atomic mass is 16.5. The molecule has 2 aromatic carbocycles. The molecule has 0 saturated carbocycles. The maximum Gasteiger partial charge on any atom is 0.157 e. The summed E-state index contributed by atoms with van der Waals surface area (Å²) in [5, 5.41) is 9.94. The summed E-state index contributed by atoms with van der Waals surface area (Å²) in [4.78, 5) is 8.96. The third-order valence-corrected chi connectivity index (χ3v) is 6.94. The predicted molar refractivity (Wildman–Crippen MR) is 131 cm³/mol. The maximum absolute atomic E-state index is 9.94. The largest absolute Gasteiger partial charge is 0.497 e. The topological polar surface area (TPSA) is 58.0 Å². The first-order valence-electron chi connectivity index (χ1n) is 11.7. The van der Waals surface area contributed by atoms with Crippen molar-refractivity contribution in [2.45, 2.75) is 26.8 Å². The number of nitrogens with zero attached hydrogens (tertiary/aromatic N) is 4. The van der Waals surface area contributed by atoms with E-state index in [9.17, 15) is 5.26 Å². The number of anilines is 1. The van der Waals surface area contributed by atoms with E-state index in [1.807, 2.05) is 24.3 Å². The lowest BCUT2D eigenvalue weighted by atomic mass is 10.0. The lowest BCUT2D eigenvalue weighted by Crippen LogP contribution is -3.13. The molecule has 2 aromatic heterocycles. The van der Waals surface area contributed by atoms with Crippen molar-refractivity contribution >= 4 is 22.5 Å². The number of nitriles is 1. The molecule has 3 heterocycles. The quantitative estimate of drug-likeness (QED) is 0.518. The molecule has 1 N–H and O–H groups in total. The van der Waals surface area contributed by atoms with E-state index in [1.54, 1.807) is 12.0 Å². The van der Waals surface area contributed by atoms with Gasteiger partial charge < -0.3 is 14.5 Å². The molecule has 6 heteroatoms. The fraction of sp³-hybridized carbons (Fsp3) is 0.333. The summed E-state index contributed by atoms with van der Waals surface area (Å²) in [6.45, 7) is 9.38. The number of piperazine rings is 1. The van der Waals surface area contributed by atoms with Gasteiger partial charge in [-0.3, -0.25) is 4.40 Å². The average Bonchev–Trinajstić information content (AvgIpc) is 3.23. The highest BCUT2D eigenvalue weighted by Crippen LogP contribution is 2.33. The van der Waals surface area contributed by atoms with Gasteiger partial charge in [0.05, 0.1) is 49.9 Å². The van der Waals surface area contributed by atoms with Crippen LogP contribution in [0.3, 0.4) is 0 Å². The molecule has 1 aliphatic heterocycles. The second-order valence-electron chi connectivity index (χ2n) is 8.79. The first-order valence-corrected chi connectivity index (χ1v) is 11.7. The Hall–Kier alpha value is -3.56. The van der Waals surface area contributed by atoms with Crippen LogP contribution in [0.5, 0.6) is 5.75 Å². The number of ether oxygens (including phenoxy) is 1. The van der Waals surface area contributed by atoms with Crippen molar-refractivity contribution in [3.8, 4) is 11.8 Å². The van der Waals surface area contributed by atoms with Crippen LogP contribution in [0.2, 0.25) is 0 Å². The molecule has 0 aliphatic carbocycles. The van der Waals surface area contributed by atoms with E-state index in [0.29, 0.717) is 5.56 Å². The lowest BCUT2D eigenvalue weighted by Gasteiger charge is -2.35. The van der Waals surface area contributed by atoms with Crippen LogP contribution in [-0.4, -0.2) is 42.7 Å². The van der Waals surface area contributed by atoms with Crippen molar-refractivity contribution in [2.75, 3.05) is 38.2 Å². The van der Waals surface area contributed by atoms with E-state index >= 15 is 0 Å². The molecule has 0 amide bonds. The number of quaternary nitrogens is 1. The van der Waals surface area contributed by atoms with Gasteiger partial charge in [-0.2, -0.15) is 5.26 Å². The Morgan fingerprint density at radius 2 is 1.82 bits per heavy atom. The van der Waals surface area contributed by atoms with Crippen LogP contribution < -0.4 is 14.5 Å². The van der Waals surface area contributed by atoms with Crippen LogP contribution in [0.25, 0.3) is 16.7 Å². The molecule has 4 aromatic rings. The zero-order valence-electron chi connectivity index (χ0n) is 19.6. The fourth-order valence-corrected chi connectivity index (χ4v) is 5.16. The number of hydrogen-bond donors (Lipinski definition) is 1. The van der Waals surface area contributed by atoms with Gasteiger partial charge >= 0.3 is 0 Å². The summed E-state index contributed by atoms with van der Waals surface area (Å²) < 4.78 is 7.52. The van der Waals surface area contributed by atoms with E-state index in [1.165, 1.54) is 16.9 Å². The number of fused-ring (bicyclic) bond motifs is 3. The predicted octanol–water partition coefficient (Wildman–Crippen LogP) is 3.14. The lowest BCUT2D eigenvalue weighted by molar-refractivity contribution is -0.914. The van der Waals surface area contributed by atoms with Gasteiger partial charge in [0.25, 0.3) is 0 Å². The van der Waals surface area contributed by atoms with Crippen LogP contribution in [0.4, 0.5) is 5.82 Å². The minimum atomic E-state index is 0.690. The van der Waals surface area contributed by atoms with Gasteiger partial charge in [0, 0.05) is 5.56 Å². The Balaban J connectivity index is 1.49. The molecule has 168 valence electrons. The number of para-hydroxylation sites is 2. The SMILES string of the molecule is CCc1c(C)c(C#N)c2nc3ccccc3n2c1N1CC[NH+](Cc2ccc(OC)cc2)CC1. The minimum Gasteiger partial charge on any atom is -0.497 e. The summed E-state index contributed by atoms with van der Waals surface area (Å²) in [7, 11) is 1.70. The molecule has 0 spiro atoms. The van der Waals surface area contributed by atoms with Gasteiger partial charge in [0.15, 0.2) is 5.65 Å². The van der Waals surface area contributed by atoms with Crippen molar-refractivity contribution in [3.63, 3.8) is 0 Å². The normalized spacial score (nSPS) is 14.7. The molecule has 0 radical (unpaired) electrons. The monoisotopic (exact) mass is 440 g/mol. The van der Waals surface area contributed by atoms with Crippen molar-refractivity contribution in [1.82, 2.24) is 9.38 Å². The number of rotatable bonds is 5. The first-order chi connectivity index (χ1) is 16.1. The molecule has 0 atom stereocenters. The van der Waals surface area contributed by atoms with E-state index < -0.39 is 0 Å². The second-order valence-corrected chi connectivity index (χ2v) is 8.79. The summed E-state index contributed by atoms with van der Waals surface area (Å²) in [5.74, 6) is 2.11. The van der Waals surface area contributed by atoms with Crippen LogP contribution in [0, 0.1) is 18.3 Å². The van der Waals surface area contributed by atoms with E-state index in [4.69, 9.17) is 9.72 Å². The van der Waals surface area contributed by atoms with E-state index in [2.05, 4.69) is 53.5 Å². The number of nitrogens with one attached hydrogen (secondary N) is 1. The summed E-state index contributed by atoms with van der Waals surface area (Å²) >= 11 is 0. The molecule has 5 rings (SSSR count). The highest BCUT2D eigenvalue weighted by molar-refractivity contribution is 5.86. The van der Waals surface area contributed by atoms with Gasteiger partial charge in [0.2, 0.25) is 0 Å². The summed E-state index contributed by atoms with van der Waals surface area (Å²) in [6.07, 6.45) is 0.886. The zero-order chi connectivity index (χ0) is 22.9. The molecular weight excluding hydrogens is 410 g/mol. The molecular formula is C27H30N5O+. The number of pyridine rings is 1. The molecule has 1 saturated heterocycles. The molecule has 0 unspecified atom stereocenters. The third kappa shape index (κ3) is 3.69. The Labute approximate surface area is 194 Å². The van der Waals surface area contributed by atoms with Gasteiger partial charge in [-0.15, -0.1) is 0 Å². The zero-order valence-corrected chi connectivity index (χ0v) is 19.6. The summed E-state index contributed by atoms with van der Waals surface area (Å²) in [6, 6.07) is 19.0. The van der Waals surface area contributed by atoms with Crippen LogP contribution >= 0.6 is 0 Å². The van der Waals surface area contributed by atoms with Crippen molar-refractivity contribution in [3.05, 3.63) is 70.8 Å². The fourth-order valence-electron chi connectivity index (χ4n) is 5.16. The smallest absolute Gasteiger partial charge is 0.157 e. The van der Waals surface area contributed by atoms with Crippen molar-refractivity contribution in [1.29, 1.82) is 5.26 Å². The van der Waals surface area contributed by atoms with Gasteiger partial charge in [-0.1, -0.05) is 19.1 Å². The molecule has 6 nitrogen and oxygen atoms in total. The average molecular weight is 441 g/mol. The van der Waals surface area contributed by atoms with Gasteiger partial charge in [-0.25, -0.2) is 4.98 Å². The van der Waals surface area contributed by atoms with E-state index in [0.717, 1.165) is 67.1 Å². The Morgan fingerprint density at radius 1 is 1.09 bits per heavy atom. The standard InChI is InChI=1S/C27H29N5O/c1-4-22-19(2)23(17-28)26-29-24-7-5-6-8-25(24)32(26)27(22)31-15-13-30(14-16-31)18-20-9-11-21(33-3)12-10-20/h5-12H,4,13-16,18H2,1-3H3/p+1. The number of imidazole rings is 1. The molecule has 1 fully saturated rings. The van der Waals surface area contributed by atoms with Gasteiger partial charge in [0.1, 0.15) is 24.2 Å². The Kier molecular flexibility index (Phi) is 5.65. The maximum atomic E-state index is 9.94. The third-order valence-electron chi connectivity index (χ3n) is 6.94. The second kappa shape index (κ2) is 8.76. The number of benzene rings is 2. The molecule has 0 bridgehead atoms. The van der Waals surface area contributed by atoms with Gasteiger partial charge in [-0.05, 0) is 60.9 Å². The van der Waals surface area contributed by atoms with Crippen LogP contribution in [-0.2, 0) is 13.0 Å². The van der Waals surface area contributed by atoms with Crippen molar-refractivity contribution < 1.29 is 9.64 Å². The number of methoxy groups -OCH3 is 1. The van der Waals surface area contributed by atoms with Crippen LogP contribution in [0.1, 0.15) is 29.2 Å². The van der Waals surface area contributed by atoms with E-state index in [-0.39, 0.29) is 0 Å². The minimum absolute atomic E-state index is 0.690. The Bertz CT molecular complexity index is 1340. The Morgan fingerprint density at radius 3 is 2.48 bits per heavy atom. The molecule has 1 aliphatic rings. The summed E-state index contributed by atoms with van der Waals surface area (Å²) in [5.41, 5.74) is 7.12. The van der Waals surface area contributed by atoms with Crippen LogP contribution in [0.15, 0.2) is 48.5 Å². The molecule has 33 heavy (non-hydrogen) atoms. The number of aromatic nitrogens is 2. The van der Waals surface area contributed by atoms with Crippen molar-refractivity contribution in [2.24, 2.45) is 0 Å². The highest BCUT2D eigenvalue weighted by Gasteiger charge is 2.27. The number of hydrogen-bond acceptors (Lipinski definition) is 4. The first kappa shape index (κ1) is 21.3.